The van der Waals surface area contributed by atoms with Crippen LogP contribution in [0.5, 0.6) is 5.75 Å². The highest BCUT2D eigenvalue weighted by Crippen LogP contribution is 2.46. The number of rotatable bonds is 5. The van der Waals surface area contributed by atoms with Crippen molar-refractivity contribution in [3.8, 4) is 5.75 Å². The van der Waals surface area contributed by atoms with Crippen LogP contribution in [-0.2, 0) is 6.54 Å². The molecular formula is C28H33N3O3. The van der Waals surface area contributed by atoms with Crippen LogP contribution in [0.15, 0.2) is 42.6 Å². The van der Waals surface area contributed by atoms with Gasteiger partial charge in [-0.15, -0.1) is 0 Å². The van der Waals surface area contributed by atoms with Crippen molar-refractivity contribution in [3.05, 3.63) is 64.8 Å². The van der Waals surface area contributed by atoms with E-state index in [9.17, 15) is 9.90 Å². The highest BCUT2D eigenvalue weighted by Gasteiger charge is 2.48. The number of hydrogen-bond acceptors (Lipinski definition) is 4. The molecule has 0 bridgehead atoms. The number of aromatic carboxylic acids is 1. The number of carboxylic acid groups (broad SMARTS) is 1. The maximum absolute atomic E-state index is 11.4. The van der Waals surface area contributed by atoms with Gasteiger partial charge in [0.15, 0.2) is 0 Å². The fourth-order valence-corrected chi connectivity index (χ4v) is 6.99. The number of nitrogens with one attached hydrogen (secondary N) is 1. The van der Waals surface area contributed by atoms with Gasteiger partial charge in [-0.2, -0.15) is 0 Å². The number of fused-ring (bicyclic) bond motifs is 4. The molecule has 1 aromatic heterocycles. The summed E-state index contributed by atoms with van der Waals surface area (Å²) in [5.41, 5.74) is 5.13. The maximum Gasteiger partial charge on any atom is 0.335 e. The van der Waals surface area contributed by atoms with E-state index in [4.69, 9.17) is 4.74 Å². The Balaban J connectivity index is 1.38. The van der Waals surface area contributed by atoms with Gasteiger partial charge in [-0.1, -0.05) is 18.6 Å². The molecule has 6 rings (SSSR count). The van der Waals surface area contributed by atoms with Gasteiger partial charge in [0.05, 0.1) is 12.7 Å². The van der Waals surface area contributed by atoms with Crippen molar-refractivity contribution in [2.24, 2.45) is 11.8 Å². The van der Waals surface area contributed by atoms with Crippen LogP contribution >= 0.6 is 0 Å². The molecular weight excluding hydrogens is 426 g/mol. The Kier molecular flexibility index (Phi) is 5.38. The molecule has 0 unspecified atom stereocenters. The Morgan fingerprint density at radius 1 is 1.15 bits per heavy atom. The van der Waals surface area contributed by atoms with Crippen LogP contribution < -0.4 is 4.74 Å². The number of aromatic nitrogens is 1. The zero-order valence-electron chi connectivity index (χ0n) is 20.0. The number of nitrogens with zero attached hydrogens (tertiary/aromatic N) is 2. The highest BCUT2D eigenvalue weighted by atomic mass is 16.5. The first kappa shape index (κ1) is 21.7. The second kappa shape index (κ2) is 8.43. The van der Waals surface area contributed by atoms with Crippen molar-refractivity contribution in [2.45, 2.75) is 44.8 Å². The average molecular weight is 460 g/mol. The maximum atomic E-state index is 11.4. The molecule has 0 radical (unpaired) electrons. The molecule has 3 fully saturated rings. The predicted octanol–water partition coefficient (Wildman–Crippen LogP) is 4.84. The molecule has 178 valence electrons. The van der Waals surface area contributed by atoms with Crippen molar-refractivity contribution >= 4 is 16.9 Å². The summed E-state index contributed by atoms with van der Waals surface area (Å²) in [6.07, 6.45) is 6.11. The standard InChI is InChI=1S/C28H33N3O3/c1-17-12-26(34-2)23(22-10-11-29-27(17)22)14-31-16-25-21-5-3-4-20(21)13-30(25)15-24(31)18-6-8-19(9-7-18)28(32)33/h6-12,20-21,24-25,29H,3-5,13-16H2,1-2H3,(H,32,33)/t20-,21-,24-,25+/m0/s1. The molecule has 6 heteroatoms. The Labute approximate surface area is 200 Å². The van der Waals surface area contributed by atoms with E-state index in [-0.39, 0.29) is 6.04 Å². The number of aryl methyl sites for hydroxylation is 1. The van der Waals surface area contributed by atoms with E-state index in [1.54, 1.807) is 19.2 Å². The van der Waals surface area contributed by atoms with Gasteiger partial charge in [0, 0.05) is 60.9 Å². The number of H-pyrrole nitrogens is 1. The quantitative estimate of drug-likeness (QED) is 0.571. The third kappa shape index (κ3) is 3.51. The Morgan fingerprint density at radius 2 is 1.97 bits per heavy atom. The number of hydrogen-bond donors (Lipinski definition) is 2. The predicted molar refractivity (Wildman–Crippen MR) is 132 cm³/mol. The summed E-state index contributed by atoms with van der Waals surface area (Å²) >= 11 is 0. The van der Waals surface area contributed by atoms with Gasteiger partial charge in [0.2, 0.25) is 0 Å². The molecule has 34 heavy (non-hydrogen) atoms. The van der Waals surface area contributed by atoms with Crippen LogP contribution in [0.25, 0.3) is 10.9 Å². The topological polar surface area (TPSA) is 68.8 Å². The molecule has 6 nitrogen and oxygen atoms in total. The van der Waals surface area contributed by atoms with E-state index in [1.165, 1.54) is 53.4 Å². The van der Waals surface area contributed by atoms with Gasteiger partial charge in [0.1, 0.15) is 5.75 Å². The van der Waals surface area contributed by atoms with E-state index < -0.39 is 5.97 Å². The second-order valence-electron chi connectivity index (χ2n) is 10.4. The Bertz CT molecular complexity index is 1220. The number of aromatic amines is 1. The van der Waals surface area contributed by atoms with Gasteiger partial charge >= 0.3 is 5.97 Å². The fraction of sp³-hybridized carbons (Fsp3) is 0.464. The van der Waals surface area contributed by atoms with Crippen molar-refractivity contribution in [1.29, 1.82) is 0 Å². The summed E-state index contributed by atoms with van der Waals surface area (Å²) in [7, 11) is 1.76. The number of piperazine rings is 1. The molecule has 1 saturated carbocycles. The zero-order chi connectivity index (χ0) is 23.4. The van der Waals surface area contributed by atoms with E-state index in [0.29, 0.717) is 11.6 Å². The molecule has 2 aliphatic heterocycles. The second-order valence-corrected chi connectivity index (χ2v) is 10.4. The summed E-state index contributed by atoms with van der Waals surface area (Å²) < 4.78 is 5.87. The number of ether oxygens (including phenoxy) is 1. The number of carbonyl (C=O) groups is 1. The third-order valence-electron chi connectivity index (χ3n) is 8.65. The lowest BCUT2D eigenvalue weighted by molar-refractivity contribution is 0.0313. The minimum absolute atomic E-state index is 0.220. The highest BCUT2D eigenvalue weighted by molar-refractivity contribution is 5.88. The minimum Gasteiger partial charge on any atom is -0.496 e. The average Bonchev–Trinajstić information content (AvgIpc) is 3.57. The molecule has 2 N–H and O–H groups in total. The zero-order valence-corrected chi connectivity index (χ0v) is 20.0. The Hall–Kier alpha value is -2.83. The van der Waals surface area contributed by atoms with E-state index >= 15 is 0 Å². The van der Waals surface area contributed by atoms with Gasteiger partial charge in [-0.05, 0) is 67.0 Å². The van der Waals surface area contributed by atoms with Crippen molar-refractivity contribution in [1.82, 2.24) is 14.8 Å². The molecule has 0 amide bonds. The molecule has 4 atom stereocenters. The largest absolute Gasteiger partial charge is 0.496 e. The lowest BCUT2D eigenvalue weighted by Crippen LogP contribution is -2.53. The van der Waals surface area contributed by atoms with Crippen LogP contribution in [0.4, 0.5) is 0 Å². The number of carboxylic acids is 1. The van der Waals surface area contributed by atoms with Gasteiger partial charge in [-0.3, -0.25) is 9.80 Å². The van der Waals surface area contributed by atoms with Crippen LogP contribution in [0.3, 0.4) is 0 Å². The molecule has 3 heterocycles. The van der Waals surface area contributed by atoms with Crippen LogP contribution in [-0.4, -0.2) is 58.6 Å². The summed E-state index contributed by atoms with van der Waals surface area (Å²) in [6.45, 7) is 6.17. The molecule has 3 aromatic rings. The first-order valence-electron chi connectivity index (χ1n) is 12.5. The molecule has 2 saturated heterocycles. The normalized spacial score (nSPS) is 27.1. The van der Waals surface area contributed by atoms with Gasteiger partial charge in [-0.25, -0.2) is 4.79 Å². The lowest BCUT2D eigenvalue weighted by atomic mass is 9.90. The molecule has 2 aromatic carbocycles. The first-order chi connectivity index (χ1) is 16.5. The SMILES string of the molecule is COc1cc(C)c2[nH]ccc2c1CN1C[C@@H]2[C@H]3CCC[C@H]3CN2C[C@H]1c1ccc(C(=O)O)cc1. The molecule has 0 spiro atoms. The van der Waals surface area contributed by atoms with Gasteiger partial charge in [0.25, 0.3) is 0 Å². The first-order valence-corrected chi connectivity index (χ1v) is 12.5. The van der Waals surface area contributed by atoms with Crippen LogP contribution in [0.1, 0.15) is 52.4 Å². The molecule has 1 aliphatic carbocycles. The minimum atomic E-state index is -0.876. The number of methoxy groups -OCH3 is 1. The Morgan fingerprint density at radius 3 is 2.74 bits per heavy atom. The van der Waals surface area contributed by atoms with E-state index in [0.717, 1.165) is 37.2 Å². The van der Waals surface area contributed by atoms with E-state index in [1.807, 2.05) is 18.3 Å². The molecule has 3 aliphatic rings. The summed E-state index contributed by atoms with van der Waals surface area (Å²) in [5.74, 6) is 1.71. The summed E-state index contributed by atoms with van der Waals surface area (Å²) in [6, 6.07) is 12.7. The fourth-order valence-electron chi connectivity index (χ4n) is 6.99. The van der Waals surface area contributed by atoms with Crippen molar-refractivity contribution < 1.29 is 14.6 Å². The van der Waals surface area contributed by atoms with Crippen LogP contribution in [0.2, 0.25) is 0 Å². The monoisotopic (exact) mass is 459 g/mol. The third-order valence-corrected chi connectivity index (χ3v) is 8.65. The van der Waals surface area contributed by atoms with Crippen molar-refractivity contribution in [2.75, 3.05) is 26.7 Å². The van der Waals surface area contributed by atoms with Crippen molar-refractivity contribution in [3.63, 3.8) is 0 Å². The van der Waals surface area contributed by atoms with Gasteiger partial charge < -0.3 is 14.8 Å². The van der Waals surface area contributed by atoms with E-state index in [2.05, 4.69) is 33.8 Å². The smallest absolute Gasteiger partial charge is 0.335 e. The summed E-state index contributed by atoms with van der Waals surface area (Å²) in [5, 5.41) is 10.6. The number of benzene rings is 2. The van der Waals surface area contributed by atoms with Crippen LogP contribution in [0, 0.1) is 18.8 Å². The summed E-state index contributed by atoms with van der Waals surface area (Å²) in [4.78, 5) is 20.2. The lowest BCUT2D eigenvalue weighted by Gasteiger charge is -2.45.